The van der Waals surface area contributed by atoms with E-state index < -0.39 is 6.04 Å². The van der Waals surface area contributed by atoms with Crippen LogP contribution in [0, 0.1) is 11.8 Å². The van der Waals surface area contributed by atoms with E-state index in [1.165, 1.54) is 0 Å². The molecule has 5 nitrogen and oxygen atoms in total. The van der Waals surface area contributed by atoms with Crippen molar-refractivity contribution >= 4 is 11.8 Å². The highest BCUT2D eigenvalue weighted by Crippen LogP contribution is 2.23. The van der Waals surface area contributed by atoms with Gasteiger partial charge in [0, 0.05) is 19.8 Å². The molecule has 0 spiro atoms. The van der Waals surface area contributed by atoms with Crippen LogP contribution in [0.4, 0.5) is 0 Å². The summed E-state index contributed by atoms with van der Waals surface area (Å²) < 4.78 is 5.37. The average Bonchev–Trinajstić information content (AvgIpc) is 2.41. The van der Waals surface area contributed by atoms with Crippen molar-refractivity contribution in [2.45, 2.75) is 52.1 Å². The molecule has 2 heterocycles. The van der Waals surface area contributed by atoms with Gasteiger partial charge in [-0.15, -0.1) is 0 Å². The van der Waals surface area contributed by atoms with Gasteiger partial charge in [-0.05, 0) is 38.0 Å². The van der Waals surface area contributed by atoms with Crippen molar-refractivity contribution < 1.29 is 14.3 Å². The molecule has 0 aromatic rings. The van der Waals surface area contributed by atoms with Crippen LogP contribution >= 0.6 is 0 Å². The SMILES string of the molecule is CC(C)CC1C(=O)NC(C)C(=O)N1CC1CCOCC1. The second-order valence-electron chi connectivity index (χ2n) is 6.42. The first-order valence-corrected chi connectivity index (χ1v) is 7.67. The molecular weight excluding hydrogens is 256 g/mol. The fourth-order valence-electron chi connectivity index (χ4n) is 3.02. The molecule has 0 aliphatic carbocycles. The van der Waals surface area contributed by atoms with Gasteiger partial charge in [0.25, 0.3) is 0 Å². The van der Waals surface area contributed by atoms with Crippen LogP contribution in [-0.2, 0) is 14.3 Å². The molecule has 0 aromatic carbocycles. The Balaban J connectivity index is 2.08. The van der Waals surface area contributed by atoms with Crippen LogP contribution in [0.2, 0.25) is 0 Å². The highest BCUT2D eigenvalue weighted by atomic mass is 16.5. The normalized spacial score (nSPS) is 28.9. The zero-order chi connectivity index (χ0) is 14.7. The smallest absolute Gasteiger partial charge is 0.245 e. The summed E-state index contributed by atoms with van der Waals surface area (Å²) in [7, 11) is 0. The Labute approximate surface area is 121 Å². The number of nitrogens with zero attached hydrogens (tertiary/aromatic N) is 1. The predicted molar refractivity (Wildman–Crippen MR) is 76.1 cm³/mol. The Kier molecular flexibility index (Phi) is 5.02. The second kappa shape index (κ2) is 6.57. The van der Waals surface area contributed by atoms with Gasteiger partial charge in [-0.2, -0.15) is 0 Å². The highest BCUT2D eigenvalue weighted by molar-refractivity contribution is 5.96. The fraction of sp³-hybridized carbons (Fsp3) is 0.867. The summed E-state index contributed by atoms with van der Waals surface area (Å²) in [5.74, 6) is 0.907. The summed E-state index contributed by atoms with van der Waals surface area (Å²) in [4.78, 5) is 26.4. The van der Waals surface area contributed by atoms with E-state index in [0.29, 0.717) is 18.4 Å². The van der Waals surface area contributed by atoms with Gasteiger partial charge in [-0.25, -0.2) is 0 Å². The van der Waals surface area contributed by atoms with Crippen LogP contribution in [0.25, 0.3) is 0 Å². The summed E-state index contributed by atoms with van der Waals surface area (Å²) >= 11 is 0. The van der Waals surface area contributed by atoms with Crippen LogP contribution in [0.5, 0.6) is 0 Å². The Morgan fingerprint density at radius 2 is 1.95 bits per heavy atom. The fourth-order valence-corrected chi connectivity index (χ4v) is 3.02. The molecule has 2 aliphatic rings. The summed E-state index contributed by atoms with van der Waals surface area (Å²) in [6, 6.07) is -0.702. The quantitative estimate of drug-likeness (QED) is 0.842. The van der Waals surface area contributed by atoms with E-state index in [1.54, 1.807) is 6.92 Å². The molecule has 2 rings (SSSR count). The van der Waals surface area contributed by atoms with E-state index in [2.05, 4.69) is 19.2 Å². The minimum Gasteiger partial charge on any atom is -0.381 e. The van der Waals surface area contributed by atoms with Crippen molar-refractivity contribution in [3.8, 4) is 0 Å². The topological polar surface area (TPSA) is 58.6 Å². The standard InChI is InChI=1S/C15H26N2O3/c1-10(2)8-13-14(18)16-11(3)15(19)17(13)9-12-4-6-20-7-5-12/h10-13H,4-9H2,1-3H3,(H,16,18). The van der Waals surface area contributed by atoms with Gasteiger partial charge in [0.2, 0.25) is 11.8 Å². The molecule has 2 fully saturated rings. The number of piperazine rings is 1. The number of amides is 2. The molecule has 20 heavy (non-hydrogen) atoms. The first kappa shape index (κ1) is 15.3. The maximum atomic E-state index is 12.4. The van der Waals surface area contributed by atoms with E-state index in [4.69, 9.17) is 4.74 Å². The van der Waals surface area contributed by atoms with Gasteiger partial charge < -0.3 is 15.0 Å². The molecule has 0 aromatic heterocycles. The lowest BCUT2D eigenvalue weighted by Crippen LogP contribution is -2.63. The number of hydrogen-bond donors (Lipinski definition) is 1. The third kappa shape index (κ3) is 3.51. The molecule has 2 amide bonds. The summed E-state index contributed by atoms with van der Waals surface area (Å²) in [5, 5.41) is 2.80. The number of carbonyl (C=O) groups is 2. The first-order valence-electron chi connectivity index (χ1n) is 7.67. The molecule has 0 bridgehead atoms. The minimum atomic E-state index is -0.397. The lowest BCUT2D eigenvalue weighted by atomic mass is 9.94. The van der Waals surface area contributed by atoms with Crippen molar-refractivity contribution in [1.29, 1.82) is 0 Å². The second-order valence-corrected chi connectivity index (χ2v) is 6.42. The number of rotatable bonds is 4. The Hall–Kier alpha value is -1.10. The lowest BCUT2D eigenvalue weighted by Gasteiger charge is -2.41. The molecule has 2 atom stereocenters. The molecule has 2 aliphatic heterocycles. The van der Waals surface area contributed by atoms with Crippen LogP contribution in [-0.4, -0.2) is 48.6 Å². The summed E-state index contributed by atoms with van der Waals surface area (Å²) in [6.45, 7) is 8.16. The van der Waals surface area contributed by atoms with Crippen molar-refractivity contribution in [3.63, 3.8) is 0 Å². The van der Waals surface area contributed by atoms with Gasteiger partial charge in [-0.1, -0.05) is 13.8 Å². The Morgan fingerprint density at radius 1 is 1.30 bits per heavy atom. The van der Waals surface area contributed by atoms with Gasteiger partial charge in [-0.3, -0.25) is 9.59 Å². The van der Waals surface area contributed by atoms with Crippen LogP contribution in [0.1, 0.15) is 40.0 Å². The third-order valence-electron chi connectivity index (χ3n) is 4.18. The van der Waals surface area contributed by atoms with Crippen molar-refractivity contribution in [1.82, 2.24) is 10.2 Å². The highest BCUT2D eigenvalue weighted by Gasteiger charge is 2.39. The maximum absolute atomic E-state index is 12.4. The van der Waals surface area contributed by atoms with Crippen molar-refractivity contribution in [2.75, 3.05) is 19.8 Å². The predicted octanol–water partition coefficient (Wildman–Crippen LogP) is 1.17. The van der Waals surface area contributed by atoms with Crippen molar-refractivity contribution in [3.05, 3.63) is 0 Å². The molecule has 2 unspecified atom stereocenters. The molecule has 0 saturated carbocycles. The van der Waals surface area contributed by atoms with E-state index in [1.807, 2.05) is 4.90 Å². The van der Waals surface area contributed by atoms with E-state index in [-0.39, 0.29) is 17.9 Å². The molecule has 114 valence electrons. The Morgan fingerprint density at radius 3 is 2.55 bits per heavy atom. The molecule has 2 saturated heterocycles. The van der Waals surface area contributed by atoms with E-state index in [0.717, 1.165) is 32.5 Å². The van der Waals surface area contributed by atoms with Gasteiger partial charge >= 0.3 is 0 Å². The number of carbonyl (C=O) groups excluding carboxylic acids is 2. The Bertz CT molecular complexity index is 364. The molecule has 5 heteroatoms. The van der Waals surface area contributed by atoms with Crippen molar-refractivity contribution in [2.24, 2.45) is 11.8 Å². The number of hydrogen-bond acceptors (Lipinski definition) is 3. The van der Waals surface area contributed by atoms with Gasteiger partial charge in [0.05, 0.1) is 0 Å². The van der Waals surface area contributed by atoms with E-state index in [9.17, 15) is 9.59 Å². The average molecular weight is 282 g/mol. The lowest BCUT2D eigenvalue weighted by molar-refractivity contribution is -0.150. The van der Waals surface area contributed by atoms with Gasteiger partial charge in [0.15, 0.2) is 0 Å². The number of ether oxygens (including phenoxy) is 1. The maximum Gasteiger partial charge on any atom is 0.245 e. The van der Waals surface area contributed by atoms with Crippen LogP contribution in [0.15, 0.2) is 0 Å². The molecule has 0 radical (unpaired) electrons. The summed E-state index contributed by atoms with van der Waals surface area (Å²) in [5.41, 5.74) is 0. The zero-order valence-electron chi connectivity index (χ0n) is 12.7. The monoisotopic (exact) mass is 282 g/mol. The van der Waals surface area contributed by atoms with Crippen LogP contribution < -0.4 is 5.32 Å². The molecular formula is C15H26N2O3. The summed E-state index contributed by atoms with van der Waals surface area (Å²) in [6.07, 6.45) is 2.69. The third-order valence-corrected chi connectivity index (χ3v) is 4.18. The largest absolute Gasteiger partial charge is 0.381 e. The first-order chi connectivity index (χ1) is 9.49. The van der Waals surface area contributed by atoms with Crippen LogP contribution in [0.3, 0.4) is 0 Å². The van der Waals surface area contributed by atoms with Gasteiger partial charge in [0.1, 0.15) is 12.1 Å². The minimum absolute atomic E-state index is 0.00198. The zero-order valence-corrected chi connectivity index (χ0v) is 12.7. The van der Waals surface area contributed by atoms with E-state index >= 15 is 0 Å². The molecule has 1 N–H and O–H groups in total. The number of nitrogens with one attached hydrogen (secondary N) is 1.